The number of amides is 1. The first-order chi connectivity index (χ1) is 15.1. The Balaban J connectivity index is 1.70. The minimum absolute atomic E-state index is 0.0886. The lowest BCUT2D eigenvalue weighted by Crippen LogP contribution is -2.48. The molecule has 3 rings (SSSR count). The molecule has 0 saturated heterocycles. The summed E-state index contributed by atoms with van der Waals surface area (Å²) in [5.74, 6) is -0.786. The molecule has 5 N–H and O–H groups in total. The van der Waals surface area contributed by atoms with Crippen LogP contribution in [0.5, 0.6) is 0 Å². The Kier molecular flexibility index (Phi) is 7.95. The molecule has 1 heterocycles. The van der Waals surface area contributed by atoms with Gasteiger partial charge in [-0.1, -0.05) is 46.0 Å². The maximum absolute atomic E-state index is 12.9. The Morgan fingerprint density at radius 2 is 1.94 bits per heavy atom. The number of esters is 1. The van der Waals surface area contributed by atoms with Gasteiger partial charge in [-0.2, -0.15) is 0 Å². The van der Waals surface area contributed by atoms with Crippen molar-refractivity contribution in [3.05, 3.63) is 16.0 Å². The zero-order valence-corrected chi connectivity index (χ0v) is 20.0. The number of ether oxygens (including phenoxy) is 1. The molecule has 2 aliphatic carbocycles. The third-order valence-electron chi connectivity index (χ3n) is 6.34. The highest BCUT2D eigenvalue weighted by Crippen LogP contribution is 2.44. The molecule has 0 aliphatic heterocycles. The van der Waals surface area contributed by atoms with E-state index in [0.717, 1.165) is 24.2 Å². The maximum atomic E-state index is 12.9. The van der Waals surface area contributed by atoms with Crippen molar-refractivity contribution in [2.24, 2.45) is 17.1 Å². The van der Waals surface area contributed by atoms with Crippen molar-refractivity contribution in [3.8, 4) is 0 Å². The van der Waals surface area contributed by atoms with Gasteiger partial charge in [0, 0.05) is 12.5 Å². The smallest absolute Gasteiger partial charge is 0.348 e. The number of Topliss-reactive ketones (excluding diaryl/α,β-unsaturated/α-hetero) is 1. The van der Waals surface area contributed by atoms with Crippen molar-refractivity contribution in [1.29, 1.82) is 0 Å². The number of fused-ring (bicyclic) bond motifs is 1. The van der Waals surface area contributed by atoms with Gasteiger partial charge in [0.05, 0.1) is 12.2 Å². The van der Waals surface area contributed by atoms with E-state index in [2.05, 4.69) is 10.9 Å². The largest absolute Gasteiger partial charge is 0.462 e. The van der Waals surface area contributed by atoms with E-state index in [1.807, 2.05) is 13.8 Å². The summed E-state index contributed by atoms with van der Waals surface area (Å²) in [7, 11) is 0. The van der Waals surface area contributed by atoms with Crippen molar-refractivity contribution in [2.45, 2.75) is 84.3 Å². The average Bonchev–Trinajstić information content (AvgIpc) is 3.09. The molecule has 1 fully saturated rings. The van der Waals surface area contributed by atoms with Crippen LogP contribution in [0.25, 0.3) is 0 Å². The van der Waals surface area contributed by atoms with E-state index in [9.17, 15) is 19.5 Å². The quantitative estimate of drug-likeness (QED) is 0.342. The van der Waals surface area contributed by atoms with Crippen molar-refractivity contribution in [3.63, 3.8) is 0 Å². The number of aliphatic hydroxyl groups excluding tert-OH is 1. The molecule has 1 aromatic rings. The fourth-order valence-corrected chi connectivity index (χ4v) is 5.85. The number of carbonyl (C=O) groups is 3. The van der Waals surface area contributed by atoms with Gasteiger partial charge in [-0.05, 0) is 36.7 Å². The van der Waals surface area contributed by atoms with Crippen molar-refractivity contribution < 1.29 is 24.2 Å². The second-order valence-electron chi connectivity index (χ2n) is 9.74. The number of anilines is 1. The highest BCUT2D eigenvalue weighted by molar-refractivity contribution is 7.18. The molecule has 2 aliphatic rings. The predicted octanol–water partition coefficient (Wildman–Crippen LogP) is 3.18. The van der Waals surface area contributed by atoms with Crippen LogP contribution in [0, 0.1) is 11.3 Å². The van der Waals surface area contributed by atoms with Gasteiger partial charge in [0.1, 0.15) is 16.0 Å². The van der Waals surface area contributed by atoms with E-state index >= 15 is 0 Å². The monoisotopic (exact) mass is 465 g/mol. The summed E-state index contributed by atoms with van der Waals surface area (Å²) in [6.07, 6.45) is 5.86. The minimum atomic E-state index is -1.36. The van der Waals surface area contributed by atoms with Crippen molar-refractivity contribution in [1.82, 2.24) is 5.43 Å². The molecule has 0 radical (unpaired) electrons. The number of rotatable bonds is 8. The molecule has 1 aromatic heterocycles. The zero-order valence-electron chi connectivity index (χ0n) is 19.2. The third-order valence-corrected chi connectivity index (χ3v) is 7.47. The molecule has 178 valence electrons. The Morgan fingerprint density at radius 3 is 2.59 bits per heavy atom. The number of nitrogens with two attached hydrogens (primary N) is 1. The van der Waals surface area contributed by atoms with Crippen LogP contribution in [-0.4, -0.2) is 41.5 Å². The second kappa shape index (κ2) is 10.3. The number of thiophene rings is 1. The summed E-state index contributed by atoms with van der Waals surface area (Å²) in [4.78, 5) is 38.2. The maximum Gasteiger partial charge on any atom is 0.348 e. The van der Waals surface area contributed by atoms with Crippen LogP contribution in [-0.2, 0) is 16.0 Å². The molecule has 0 aromatic carbocycles. The lowest BCUT2D eigenvalue weighted by atomic mass is 9.74. The Labute approximate surface area is 193 Å². The van der Waals surface area contributed by atoms with Gasteiger partial charge in [-0.25, -0.2) is 4.79 Å². The summed E-state index contributed by atoms with van der Waals surface area (Å²) >= 11 is 1.08. The first-order valence-electron chi connectivity index (χ1n) is 11.5. The summed E-state index contributed by atoms with van der Waals surface area (Å²) in [5, 5.41) is 10.8. The number of ketones is 1. The molecule has 8 nitrogen and oxygen atoms in total. The molecular weight excluding hydrogens is 430 g/mol. The zero-order chi connectivity index (χ0) is 23.5. The number of hydrogen-bond donors (Lipinski definition) is 4. The van der Waals surface area contributed by atoms with Gasteiger partial charge in [-0.15, -0.1) is 11.3 Å². The first-order valence-corrected chi connectivity index (χ1v) is 12.3. The molecule has 0 spiro atoms. The highest BCUT2D eigenvalue weighted by atomic mass is 32.1. The van der Waals surface area contributed by atoms with Crippen molar-refractivity contribution in [2.75, 3.05) is 12.0 Å². The summed E-state index contributed by atoms with van der Waals surface area (Å²) in [6, 6.07) is -0.658. The van der Waals surface area contributed by atoms with Crippen LogP contribution in [0.1, 0.15) is 91.3 Å². The number of hydrazine groups is 1. The Bertz CT molecular complexity index is 860. The van der Waals surface area contributed by atoms with E-state index in [-0.39, 0.29) is 17.8 Å². The molecule has 1 unspecified atom stereocenters. The third kappa shape index (κ3) is 5.68. The van der Waals surface area contributed by atoms with E-state index < -0.39 is 24.0 Å². The summed E-state index contributed by atoms with van der Waals surface area (Å²) < 4.78 is 5.17. The molecule has 32 heavy (non-hydrogen) atoms. The fourth-order valence-electron chi connectivity index (χ4n) is 4.77. The standard InChI is InChI=1S/C23H35N3O5S/c1-4-31-22(30)19-14-11-23(2,3)12-16(27)17(14)21(32-19)26-25-20(29)18(28)15(24)10-13-8-6-5-7-9-13/h13,15,18,26,28H,4-12,24H2,1-3H3,(H,25,29)/t15-,18?/m1/s1. The van der Waals surface area contributed by atoms with Crippen LogP contribution in [0.2, 0.25) is 0 Å². The summed E-state index contributed by atoms with van der Waals surface area (Å²) in [6.45, 7) is 5.93. The molecule has 9 heteroatoms. The first kappa shape index (κ1) is 24.7. The van der Waals surface area contributed by atoms with Gasteiger partial charge in [0.25, 0.3) is 5.91 Å². The minimum Gasteiger partial charge on any atom is -0.462 e. The SMILES string of the molecule is CCOC(=O)c1sc(NNC(=O)C(O)[C@H](N)CC2CCCCC2)c2c1CC(C)(C)CC2=O. The normalized spacial score (nSPS) is 20.2. The van der Waals surface area contributed by atoms with Crippen LogP contribution < -0.4 is 16.6 Å². The van der Waals surface area contributed by atoms with Crippen LogP contribution in [0.4, 0.5) is 5.00 Å². The lowest BCUT2D eigenvalue weighted by molar-refractivity contribution is -0.130. The molecule has 1 saturated carbocycles. The molecular formula is C23H35N3O5S. The Hall–Kier alpha value is -1.97. The lowest BCUT2D eigenvalue weighted by Gasteiger charge is -2.29. The molecule has 1 amide bonds. The van der Waals surface area contributed by atoms with Gasteiger partial charge >= 0.3 is 5.97 Å². The van der Waals surface area contributed by atoms with E-state index in [0.29, 0.717) is 46.2 Å². The van der Waals surface area contributed by atoms with E-state index in [1.54, 1.807) is 6.92 Å². The Morgan fingerprint density at radius 1 is 1.25 bits per heavy atom. The average molecular weight is 466 g/mol. The van der Waals surface area contributed by atoms with Crippen LogP contribution in [0.3, 0.4) is 0 Å². The van der Waals surface area contributed by atoms with Crippen molar-refractivity contribution >= 4 is 34.0 Å². The van der Waals surface area contributed by atoms with Crippen LogP contribution >= 0.6 is 11.3 Å². The van der Waals surface area contributed by atoms with Gasteiger partial charge in [-0.3, -0.25) is 20.4 Å². The van der Waals surface area contributed by atoms with E-state index in [1.165, 1.54) is 19.3 Å². The molecule has 2 atom stereocenters. The number of aliphatic hydroxyl groups is 1. The number of nitrogens with one attached hydrogen (secondary N) is 2. The summed E-state index contributed by atoms with van der Waals surface area (Å²) in [5.41, 5.74) is 12.1. The number of carbonyl (C=O) groups excluding carboxylic acids is 3. The highest BCUT2D eigenvalue weighted by Gasteiger charge is 2.38. The number of hydrogen-bond acceptors (Lipinski definition) is 8. The van der Waals surface area contributed by atoms with E-state index in [4.69, 9.17) is 10.5 Å². The predicted molar refractivity (Wildman–Crippen MR) is 124 cm³/mol. The van der Waals surface area contributed by atoms with Gasteiger partial charge in [0.2, 0.25) is 0 Å². The topological polar surface area (TPSA) is 131 Å². The fraction of sp³-hybridized carbons (Fsp3) is 0.696. The van der Waals surface area contributed by atoms with Gasteiger partial charge < -0.3 is 15.6 Å². The molecule has 0 bridgehead atoms. The second-order valence-corrected chi connectivity index (χ2v) is 10.8. The van der Waals surface area contributed by atoms with Crippen LogP contribution in [0.15, 0.2) is 0 Å². The van der Waals surface area contributed by atoms with Gasteiger partial charge in [0.15, 0.2) is 5.78 Å².